The first-order valence-corrected chi connectivity index (χ1v) is 10.1. The van der Waals surface area contributed by atoms with Gasteiger partial charge in [0.15, 0.2) is 0 Å². The highest BCUT2D eigenvalue weighted by Gasteiger charge is 2.20. The number of rotatable bonds is 6. The van der Waals surface area contributed by atoms with E-state index in [1.165, 1.54) is 19.3 Å². The van der Waals surface area contributed by atoms with Gasteiger partial charge in [0.05, 0.1) is 4.90 Å². The minimum atomic E-state index is -3.42. The molecular formula is C18H30N2O2S. The lowest BCUT2D eigenvalue weighted by Crippen LogP contribution is -2.39. The standard InChI is InChI=1S/C18H30N2O2S/c1-14-12-15(2)18(16(3)13-14)23(21,22)19-9-7-11-20-10-6-5-8-17(20)4/h12-13,17,19H,5-11H2,1-4H3. The molecular weight excluding hydrogens is 308 g/mol. The zero-order valence-electron chi connectivity index (χ0n) is 14.9. The molecule has 1 aliphatic heterocycles. The van der Waals surface area contributed by atoms with Gasteiger partial charge in [-0.25, -0.2) is 13.1 Å². The summed E-state index contributed by atoms with van der Waals surface area (Å²) in [5.74, 6) is 0. The van der Waals surface area contributed by atoms with Crippen LogP contribution in [-0.2, 0) is 10.0 Å². The van der Waals surface area contributed by atoms with Crippen LogP contribution in [-0.4, -0.2) is 39.0 Å². The molecule has 1 unspecified atom stereocenters. The second kappa shape index (κ2) is 7.77. The van der Waals surface area contributed by atoms with Crippen LogP contribution in [0.5, 0.6) is 0 Å². The van der Waals surface area contributed by atoms with Gasteiger partial charge in [-0.05, 0) is 71.2 Å². The Balaban J connectivity index is 1.92. The molecule has 0 saturated carbocycles. The Hall–Kier alpha value is -0.910. The van der Waals surface area contributed by atoms with Crippen LogP contribution in [0.4, 0.5) is 0 Å². The third-order valence-electron chi connectivity index (χ3n) is 4.73. The predicted octanol–water partition coefficient (Wildman–Crippen LogP) is 3.15. The van der Waals surface area contributed by atoms with Gasteiger partial charge in [-0.2, -0.15) is 0 Å². The molecule has 1 N–H and O–H groups in total. The van der Waals surface area contributed by atoms with E-state index in [2.05, 4.69) is 16.5 Å². The van der Waals surface area contributed by atoms with Gasteiger partial charge in [-0.1, -0.05) is 24.1 Å². The maximum atomic E-state index is 12.6. The molecule has 130 valence electrons. The lowest BCUT2D eigenvalue weighted by molar-refractivity contribution is 0.159. The number of hydrogen-bond acceptors (Lipinski definition) is 3. The van der Waals surface area contributed by atoms with Gasteiger partial charge in [0.1, 0.15) is 0 Å². The van der Waals surface area contributed by atoms with Gasteiger partial charge in [0.25, 0.3) is 0 Å². The Labute approximate surface area is 141 Å². The van der Waals surface area contributed by atoms with E-state index in [1.807, 2.05) is 32.9 Å². The van der Waals surface area contributed by atoms with Gasteiger partial charge < -0.3 is 4.90 Å². The Morgan fingerprint density at radius 2 is 1.83 bits per heavy atom. The molecule has 0 spiro atoms. The molecule has 0 amide bonds. The van der Waals surface area contributed by atoms with Gasteiger partial charge >= 0.3 is 0 Å². The molecule has 1 fully saturated rings. The lowest BCUT2D eigenvalue weighted by atomic mass is 10.0. The highest BCUT2D eigenvalue weighted by atomic mass is 32.2. The third-order valence-corrected chi connectivity index (χ3v) is 6.49. The van der Waals surface area contributed by atoms with Gasteiger partial charge in [-0.15, -0.1) is 0 Å². The van der Waals surface area contributed by atoms with Crippen LogP contribution >= 0.6 is 0 Å². The maximum Gasteiger partial charge on any atom is 0.241 e. The molecule has 5 heteroatoms. The molecule has 1 saturated heterocycles. The van der Waals surface area contributed by atoms with Crippen LogP contribution < -0.4 is 4.72 Å². The largest absolute Gasteiger partial charge is 0.301 e. The normalized spacial score (nSPS) is 19.9. The Kier molecular flexibility index (Phi) is 6.23. The van der Waals surface area contributed by atoms with Crippen molar-refractivity contribution in [1.29, 1.82) is 0 Å². The monoisotopic (exact) mass is 338 g/mol. The van der Waals surface area contributed by atoms with Crippen LogP contribution in [0.1, 0.15) is 49.3 Å². The minimum absolute atomic E-state index is 0.439. The zero-order chi connectivity index (χ0) is 17.0. The molecule has 0 bridgehead atoms. The summed E-state index contributed by atoms with van der Waals surface area (Å²) in [7, 11) is -3.42. The van der Waals surface area contributed by atoms with Crippen LogP contribution in [0.3, 0.4) is 0 Å². The van der Waals surface area contributed by atoms with Crippen molar-refractivity contribution in [3.63, 3.8) is 0 Å². The van der Waals surface area contributed by atoms with Crippen molar-refractivity contribution < 1.29 is 8.42 Å². The quantitative estimate of drug-likeness (QED) is 0.811. The van der Waals surface area contributed by atoms with Gasteiger partial charge in [-0.3, -0.25) is 0 Å². The summed E-state index contributed by atoms with van der Waals surface area (Å²) in [6.07, 6.45) is 4.69. The topological polar surface area (TPSA) is 49.4 Å². The summed E-state index contributed by atoms with van der Waals surface area (Å²) in [5.41, 5.74) is 2.73. The average molecular weight is 339 g/mol. The number of sulfonamides is 1. The van der Waals surface area contributed by atoms with Gasteiger partial charge in [0.2, 0.25) is 10.0 Å². The van der Waals surface area contributed by atoms with E-state index in [-0.39, 0.29) is 0 Å². The summed E-state index contributed by atoms with van der Waals surface area (Å²) < 4.78 is 27.9. The third kappa shape index (κ3) is 4.78. The Morgan fingerprint density at radius 3 is 2.43 bits per heavy atom. The molecule has 4 nitrogen and oxygen atoms in total. The van der Waals surface area contributed by atoms with Crippen LogP contribution in [0.15, 0.2) is 17.0 Å². The number of likely N-dealkylation sites (tertiary alicyclic amines) is 1. The number of nitrogens with one attached hydrogen (secondary N) is 1. The number of benzene rings is 1. The van der Waals surface area contributed by atoms with E-state index in [0.29, 0.717) is 17.5 Å². The number of piperidine rings is 1. The fourth-order valence-electron chi connectivity index (χ4n) is 3.64. The smallest absolute Gasteiger partial charge is 0.241 e. The summed E-state index contributed by atoms with van der Waals surface area (Å²) in [6, 6.07) is 4.48. The summed E-state index contributed by atoms with van der Waals surface area (Å²) >= 11 is 0. The van der Waals surface area contributed by atoms with Crippen molar-refractivity contribution in [2.45, 2.75) is 64.3 Å². The SMILES string of the molecule is Cc1cc(C)c(S(=O)(=O)NCCCN2CCCCC2C)c(C)c1. The Morgan fingerprint density at radius 1 is 1.17 bits per heavy atom. The number of hydrogen-bond donors (Lipinski definition) is 1. The first-order valence-electron chi connectivity index (χ1n) is 8.63. The van der Waals surface area contributed by atoms with E-state index >= 15 is 0 Å². The highest BCUT2D eigenvalue weighted by molar-refractivity contribution is 7.89. The number of nitrogens with zero attached hydrogens (tertiary/aromatic N) is 1. The maximum absolute atomic E-state index is 12.6. The molecule has 1 atom stereocenters. The van der Waals surface area contributed by atoms with Crippen molar-refractivity contribution in [2.75, 3.05) is 19.6 Å². The minimum Gasteiger partial charge on any atom is -0.301 e. The second-order valence-corrected chi connectivity index (χ2v) is 8.56. The number of aryl methyl sites for hydroxylation is 3. The molecule has 0 radical (unpaired) electrons. The van der Waals surface area contributed by atoms with Crippen LogP contribution in [0, 0.1) is 20.8 Å². The fraction of sp³-hybridized carbons (Fsp3) is 0.667. The molecule has 1 heterocycles. The Bertz CT molecular complexity index is 617. The average Bonchev–Trinajstić information content (AvgIpc) is 2.43. The molecule has 1 aliphatic rings. The lowest BCUT2D eigenvalue weighted by Gasteiger charge is -2.33. The van der Waals surface area contributed by atoms with Crippen molar-refractivity contribution in [3.8, 4) is 0 Å². The summed E-state index contributed by atoms with van der Waals surface area (Å²) in [5, 5.41) is 0. The summed E-state index contributed by atoms with van der Waals surface area (Å²) in [4.78, 5) is 2.91. The first-order chi connectivity index (χ1) is 10.8. The molecule has 2 rings (SSSR count). The predicted molar refractivity (Wildman–Crippen MR) is 95.3 cm³/mol. The second-order valence-electron chi connectivity index (χ2n) is 6.86. The molecule has 1 aromatic rings. The fourth-order valence-corrected chi connectivity index (χ4v) is 5.16. The molecule has 1 aromatic carbocycles. The molecule has 0 aliphatic carbocycles. The van der Waals surface area contributed by atoms with Crippen molar-refractivity contribution in [2.24, 2.45) is 0 Å². The van der Waals surface area contributed by atoms with Crippen molar-refractivity contribution in [1.82, 2.24) is 9.62 Å². The van der Waals surface area contributed by atoms with E-state index in [9.17, 15) is 8.42 Å². The van der Waals surface area contributed by atoms with E-state index in [4.69, 9.17) is 0 Å². The summed E-state index contributed by atoms with van der Waals surface area (Å²) in [6.45, 7) is 10.6. The van der Waals surface area contributed by atoms with Crippen LogP contribution in [0.25, 0.3) is 0 Å². The zero-order valence-corrected chi connectivity index (χ0v) is 15.7. The van der Waals surface area contributed by atoms with Crippen molar-refractivity contribution >= 4 is 10.0 Å². The van der Waals surface area contributed by atoms with E-state index in [0.717, 1.165) is 36.2 Å². The highest BCUT2D eigenvalue weighted by Crippen LogP contribution is 2.21. The van der Waals surface area contributed by atoms with Crippen LogP contribution in [0.2, 0.25) is 0 Å². The van der Waals surface area contributed by atoms with Gasteiger partial charge in [0, 0.05) is 12.6 Å². The molecule has 0 aromatic heterocycles. The molecule has 23 heavy (non-hydrogen) atoms. The van der Waals surface area contributed by atoms with E-state index in [1.54, 1.807) is 0 Å². The van der Waals surface area contributed by atoms with E-state index < -0.39 is 10.0 Å². The van der Waals surface area contributed by atoms with Crippen molar-refractivity contribution in [3.05, 3.63) is 28.8 Å². The first kappa shape index (κ1) is 18.4.